The molecule has 0 bridgehead atoms. The average molecular weight is 428 g/mol. The zero-order valence-electron chi connectivity index (χ0n) is 14.1. The number of carbonyl (C=O) groups excluding carboxylic acids is 1. The summed E-state index contributed by atoms with van der Waals surface area (Å²) in [5.41, 5.74) is 0.516. The van der Waals surface area contributed by atoms with Gasteiger partial charge < -0.3 is 10.2 Å². The summed E-state index contributed by atoms with van der Waals surface area (Å²) in [5, 5.41) is 2.85. The zero-order chi connectivity index (χ0) is 19.6. The molecule has 1 amide bonds. The molecule has 0 saturated carbocycles. The monoisotopic (exact) mass is 427 g/mol. The van der Waals surface area contributed by atoms with Crippen molar-refractivity contribution in [2.75, 3.05) is 22.5 Å². The molecule has 0 radical (unpaired) electrons. The van der Waals surface area contributed by atoms with Gasteiger partial charge in [0.25, 0.3) is 10.0 Å². The van der Waals surface area contributed by atoms with Crippen LogP contribution in [0, 0.1) is 5.82 Å². The fourth-order valence-corrected chi connectivity index (χ4v) is 4.99. The van der Waals surface area contributed by atoms with E-state index in [1.54, 1.807) is 23.1 Å². The number of carbonyl (C=O) groups is 1. The Labute approximate surface area is 165 Å². The molecule has 0 spiro atoms. The molecule has 0 saturated heterocycles. The van der Waals surface area contributed by atoms with E-state index < -0.39 is 21.7 Å². The van der Waals surface area contributed by atoms with Crippen LogP contribution in [0.4, 0.5) is 15.8 Å². The minimum Gasteiger partial charge on any atom is -0.323 e. The third-order valence-corrected chi connectivity index (χ3v) is 6.36. The van der Waals surface area contributed by atoms with Gasteiger partial charge in [0.05, 0.1) is 17.1 Å². The molecule has 10 heteroatoms. The van der Waals surface area contributed by atoms with Gasteiger partial charge in [0.15, 0.2) is 5.17 Å². The van der Waals surface area contributed by atoms with Gasteiger partial charge in [-0.1, -0.05) is 35.5 Å². The highest BCUT2D eigenvalue weighted by atomic mass is 35.5. The van der Waals surface area contributed by atoms with Gasteiger partial charge in [0.1, 0.15) is 10.7 Å². The first kappa shape index (κ1) is 19.7. The summed E-state index contributed by atoms with van der Waals surface area (Å²) >= 11 is 6.65. The first-order valence-electron chi connectivity index (χ1n) is 7.91. The lowest BCUT2D eigenvalue weighted by Crippen LogP contribution is -2.34. The molecule has 0 unspecified atom stereocenters. The van der Waals surface area contributed by atoms with Crippen molar-refractivity contribution in [3.63, 3.8) is 0 Å². The molecular formula is C17H15ClFN3O3S2. The van der Waals surface area contributed by atoms with Crippen LogP contribution >= 0.6 is 23.4 Å². The molecule has 1 aliphatic rings. The van der Waals surface area contributed by atoms with Crippen molar-refractivity contribution in [3.05, 3.63) is 53.3 Å². The topological polar surface area (TPSA) is 78.8 Å². The van der Waals surface area contributed by atoms with E-state index in [9.17, 15) is 17.6 Å². The summed E-state index contributed by atoms with van der Waals surface area (Å²) < 4.78 is 42.3. The first-order valence-corrected chi connectivity index (χ1v) is 10.7. The number of sulfonamides is 1. The van der Waals surface area contributed by atoms with Gasteiger partial charge in [-0.3, -0.25) is 4.79 Å². The number of rotatable bonds is 4. The van der Waals surface area contributed by atoms with Crippen LogP contribution in [0.5, 0.6) is 0 Å². The van der Waals surface area contributed by atoms with Crippen LogP contribution in [0.2, 0.25) is 5.02 Å². The number of nitrogens with one attached hydrogen (secondary N) is 1. The second-order valence-electron chi connectivity index (χ2n) is 5.52. The summed E-state index contributed by atoms with van der Waals surface area (Å²) in [6, 6.07) is 10.5. The molecule has 0 atom stereocenters. The number of amidine groups is 1. The van der Waals surface area contributed by atoms with Crippen LogP contribution in [0.3, 0.4) is 0 Å². The lowest BCUT2D eigenvalue weighted by atomic mass is 10.3. The number of halogens is 2. The van der Waals surface area contributed by atoms with Gasteiger partial charge in [0.2, 0.25) is 5.91 Å². The molecule has 1 heterocycles. The van der Waals surface area contributed by atoms with E-state index in [1.165, 1.54) is 18.2 Å². The van der Waals surface area contributed by atoms with Crippen molar-refractivity contribution >= 4 is 55.8 Å². The van der Waals surface area contributed by atoms with Crippen LogP contribution in [0.1, 0.15) is 6.92 Å². The molecule has 1 aliphatic heterocycles. The minimum atomic E-state index is -3.83. The number of hydrogen-bond donors (Lipinski definition) is 1. The number of para-hydroxylation sites is 1. The highest BCUT2D eigenvalue weighted by Crippen LogP contribution is 2.33. The van der Waals surface area contributed by atoms with E-state index >= 15 is 0 Å². The molecule has 27 heavy (non-hydrogen) atoms. The Morgan fingerprint density at radius 3 is 2.74 bits per heavy atom. The largest absolute Gasteiger partial charge is 0.323 e. The summed E-state index contributed by atoms with van der Waals surface area (Å²) in [4.78, 5) is 14.0. The Morgan fingerprint density at radius 2 is 2.04 bits per heavy atom. The molecule has 2 aromatic rings. The Kier molecular flexibility index (Phi) is 5.73. The SMILES string of the molecule is CCN1C(SCC(=O)Nc2ccc(Cl)cc2F)=NS(=O)(=O)c2ccccc21. The predicted octanol–water partition coefficient (Wildman–Crippen LogP) is 3.74. The van der Waals surface area contributed by atoms with Crippen molar-refractivity contribution in [1.82, 2.24) is 0 Å². The lowest BCUT2D eigenvalue weighted by Gasteiger charge is -2.29. The number of fused-ring (bicyclic) bond motifs is 1. The van der Waals surface area contributed by atoms with E-state index in [0.29, 0.717) is 12.2 Å². The minimum absolute atomic E-state index is 0.000831. The average Bonchev–Trinajstić information content (AvgIpc) is 2.62. The Balaban J connectivity index is 1.75. The zero-order valence-corrected chi connectivity index (χ0v) is 16.5. The van der Waals surface area contributed by atoms with Crippen molar-refractivity contribution in [2.24, 2.45) is 4.40 Å². The Bertz CT molecular complexity index is 1030. The summed E-state index contributed by atoms with van der Waals surface area (Å²) in [6.07, 6.45) is 0. The van der Waals surface area contributed by atoms with Crippen molar-refractivity contribution in [1.29, 1.82) is 0 Å². The van der Waals surface area contributed by atoms with Crippen LogP contribution in [0.15, 0.2) is 51.8 Å². The van der Waals surface area contributed by atoms with Crippen molar-refractivity contribution in [2.45, 2.75) is 11.8 Å². The quantitative estimate of drug-likeness (QED) is 0.804. The van der Waals surface area contributed by atoms with Crippen LogP contribution in [-0.2, 0) is 14.8 Å². The van der Waals surface area contributed by atoms with Crippen molar-refractivity contribution in [3.8, 4) is 0 Å². The third kappa shape index (κ3) is 4.26. The molecular weight excluding hydrogens is 413 g/mol. The maximum Gasteiger partial charge on any atom is 0.286 e. The molecule has 6 nitrogen and oxygen atoms in total. The van der Waals surface area contributed by atoms with Gasteiger partial charge in [0, 0.05) is 11.6 Å². The van der Waals surface area contributed by atoms with E-state index in [2.05, 4.69) is 9.71 Å². The maximum atomic E-state index is 13.8. The van der Waals surface area contributed by atoms with Gasteiger partial charge in [-0.15, -0.1) is 4.40 Å². The number of anilines is 2. The highest BCUT2D eigenvalue weighted by molar-refractivity contribution is 8.15. The Hall–Kier alpha value is -2.10. The molecule has 0 aromatic heterocycles. The number of nitrogens with zero attached hydrogens (tertiary/aromatic N) is 2. The molecule has 1 N–H and O–H groups in total. The second kappa shape index (κ2) is 7.87. The summed E-state index contributed by atoms with van der Waals surface area (Å²) in [5.74, 6) is -1.27. The van der Waals surface area contributed by atoms with Crippen LogP contribution < -0.4 is 10.2 Å². The Morgan fingerprint density at radius 1 is 1.30 bits per heavy atom. The van der Waals surface area contributed by atoms with E-state index in [4.69, 9.17) is 11.6 Å². The second-order valence-corrected chi connectivity index (χ2v) is 8.47. The fraction of sp³-hybridized carbons (Fsp3) is 0.176. The van der Waals surface area contributed by atoms with Crippen molar-refractivity contribution < 1.29 is 17.6 Å². The van der Waals surface area contributed by atoms with E-state index in [-0.39, 0.29) is 26.5 Å². The number of benzene rings is 2. The van der Waals surface area contributed by atoms with Gasteiger partial charge in [-0.2, -0.15) is 8.42 Å². The lowest BCUT2D eigenvalue weighted by molar-refractivity contribution is -0.113. The summed E-state index contributed by atoms with van der Waals surface area (Å²) in [6.45, 7) is 2.33. The number of amides is 1. The van der Waals surface area contributed by atoms with Gasteiger partial charge >= 0.3 is 0 Å². The van der Waals surface area contributed by atoms with Gasteiger partial charge in [-0.25, -0.2) is 4.39 Å². The molecule has 0 fully saturated rings. The summed E-state index contributed by atoms with van der Waals surface area (Å²) in [7, 11) is -3.83. The standard InChI is InChI=1S/C17H15ClFN3O3S2/c1-2-22-14-5-3-4-6-15(14)27(24,25)21-17(22)26-10-16(23)20-13-8-7-11(18)9-12(13)19/h3-9H,2,10H2,1H3,(H,20,23). The smallest absolute Gasteiger partial charge is 0.286 e. The normalized spacial score (nSPS) is 15.1. The molecule has 2 aromatic carbocycles. The van der Waals surface area contributed by atoms with Gasteiger partial charge in [-0.05, 0) is 37.3 Å². The van der Waals surface area contributed by atoms with Crippen LogP contribution in [-0.4, -0.2) is 31.8 Å². The maximum absolute atomic E-state index is 13.8. The highest BCUT2D eigenvalue weighted by Gasteiger charge is 2.30. The molecule has 0 aliphatic carbocycles. The van der Waals surface area contributed by atoms with Crippen LogP contribution in [0.25, 0.3) is 0 Å². The van der Waals surface area contributed by atoms with E-state index in [1.807, 2.05) is 6.92 Å². The first-order chi connectivity index (χ1) is 12.8. The molecule has 142 valence electrons. The van der Waals surface area contributed by atoms with E-state index in [0.717, 1.165) is 17.8 Å². The number of thioether (sulfide) groups is 1. The molecule has 3 rings (SSSR count). The predicted molar refractivity (Wildman–Crippen MR) is 107 cm³/mol. The fourth-order valence-electron chi connectivity index (χ4n) is 2.52. The number of hydrogen-bond acceptors (Lipinski definition) is 5. The third-order valence-electron chi connectivity index (χ3n) is 3.72.